The standard InChI is InChI=1S/C63H94N4O16/c1-41-18-11-10-12-19-42(2)54(83-62(38-78-29-15-25-64,39-79-30-16-26-65)40-80-31-17-27-66)36-49-23-21-47(7)63(75,82-49)59(72)60(73)67-28-14-13-20-50(67)61(74)81-53(44(4)34-48-22-24-51(68)55(35-48)76-8)37-52(69)43(3)33-46(6)57(71)58(77-9)56(70)45(5)32-41/h10-12,18-19,33,41,43-45,47-51,53-55,57-58,68,71,75H,13-17,20-24,28-32,34-40H2,1-9H3/b12-10+,18-11+,42-19+,46-33+/t41-,43-,44-,45-,47-,48+,49+,50+,51-,53+,54?,55-,57-,58+,63-/m1/s1. The van der Waals surface area contributed by atoms with E-state index in [0.717, 1.165) is 4.90 Å². The van der Waals surface area contributed by atoms with Gasteiger partial charge < -0.3 is 58.1 Å². The molecule has 1 unspecified atom stereocenters. The minimum Gasteiger partial charge on any atom is -0.460 e. The molecule has 0 aromatic carbocycles. The largest absolute Gasteiger partial charge is 0.460 e. The third-order valence-corrected chi connectivity index (χ3v) is 16.8. The lowest BCUT2D eigenvalue weighted by atomic mass is 9.78. The van der Waals surface area contributed by atoms with E-state index in [1.165, 1.54) is 7.11 Å². The first-order chi connectivity index (χ1) is 39.6. The Bertz CT molecular complexity index is 2320. The van der Waals surface area contributed by atoms with Gasteiger partial charge in [0.05, 0.1) is 102 Å². The van der Waals surface area contributed by atoms with Gasteiger partial charge in [0.25, 0.3) is 11.7 Å². The van der Waals surface area contributed by atoms with E-state index in [2.05, 4.69) is 18.2 Å². The third kappa shape index (κ3) is 21.2. The van der Waals surface area contributed by atoms with Gasteiger partial charge in [-0.05, 0) is 107 Å². The summed E-state index contributed by atoms with van der Waals surface area (Å²) in [6, 6.07) is 4.93. The van der Waals surface area contributed by atoms with Crippen LogP contribution in [0.2, 0.25) is 0 Å². The number of cyclic esters (lactones) is 1. The first kappa shape index (κ1) is 70.5. The van der Waals surface area contributed by atoms with Crippen molar-refractivity contribution in [2.45, 2.75) is 205 Å². The number of rotatable bonds is 19. The number of Topliss-reactive ketones (excluding diaryl/α,β-unsaturated/α-hetero) is 3. The van der Waals surface area contributed by atoms with Crippen LogP contribution in [-0.2, 0) is 61.9 Å². The Labute approximate surface area is 492 Å². The topological polar surface area (TPSA) is 294 Å². The summed E-state index contributed by atoms with van der Waals surface area (Å²) in [5, 5.41) is 62.6. The Morgan fingerprint density at radius 1 is 0.795 bits per heavy atom. The second-order valence-corrected chi connectivity index (χ2v) is 23.5. The highest BCUT2D eigenvalue weighted by Crippen LogP contribution is 2.39. The summed E-state index contributed by atoms with van der Waals surface area (Å²) in [4.78, 5) is 73.5. The molecule has 462 valence electrons. The van der Waals surface area contributed by atoms with E-state index in [9.17, 15) is 55.1 Å². The van der Waals surface area contributed by atoms with E-state index >= 15 is 0 Å². The van der Waals surface area contributed by atoms with Crippen LogP contribution in [0.5, 0.6) is 0 Å². The molecule has 0 spiro atoms. The van der Waals surface area contributed by atoms with Crippen molar-refractivity contribution in [3.8, 4) is 18.2 Å². The van der Waals surface area contributed by atoms with Crippen LogP contribution in [0.25, 0.3) is 0 Å². The first-order valence-corrected chi connectivity index (χ1v) is 29.7. The fraction of sp³-hybridized carbons (Fsp3) is 0.746. The minimum atomic E-state index is -2.63. The van der Waals surface area contributed by atoms with Crippen LogP contribution in [0.3, 0.4) is 0 Å². The number of hydrogen-bond donors (Lipinski definition) is 3. The van der Waals surface area contributed by atoms with Crippen LogP contribution < -0.4 is 0 Å². The van der Waals surface area contributed by atoms with E-state index < -0.39 is 95.4 Å². The molecule has 4 aliphatic rings. The number of fused-ring (bicyclic) bond motifs is 3. The van der Waals surface area contributed by atoms with Crippen molar-refractivity contribution in [2.75, 3.05) is 60.4 Å². The second-order valence-electron chi connectivity index (χ2n) is 23.5. The Balaban J connectivity index is 1.82. The normalized spacial score (nSPS) is 34.1. The monoisotopic (exact) mass is 1160 g/mol. The van der Waals surface area contributed by atoms with Gasteiger partial charge in [-0.25, -0.2) is 4.79 Å². The number of carbonyl (C=O) groups is 5. The van der Waals surface area contributed by atoms with Crippen molar-refractivity contribution in [1.29, 1.82) is 15.8 Å². The molecule has 3 N–H and O–H groups in total. The molecule has 83 heavy (non-hydrogen) atoms. The van der Waals surface area contributed by atoms with E-state index in [-0.39, 0.29) is 121 Å². The molecule has 20 nitrogen and oxygen atoms in total. The fourth-order valence-electron chi connectivity index (χ4n) is 11.6. The number of hydrogen-bond acceptors (Lipinski definition) is 19. The summed E-state index contributed by atoms with van der Waals surface area (Å²) in [5.74, 6) is -9.07. The summed E-state index contributed by atoms with van der Waals surface area (Å²) in [6.45, 7) is 12.1. The molecular weight excluding hydrogens is 1070 g/mol. The van der Waals surface area contributed by atoms with E-state index in [0.29, 0.717) is 62.5 Å². The zero-order chi connectivity index (χ0) is 61.3. The van der Waals surface area contributed by atoms with Gasteiger partial charge in [0.2, 0.25) is 5.79 Å². The number of nitrogens with zero attached hydrogens (tertiary/aromatic N) is 4. The maximum absolute atomic E-state index is 14.7. The number of piperidine rings is 1. The molecule has 3 heterocycles. The van der Waals surface area contributed by atoms with Crippen molar-refractivity contribution >= 4 is 29.2 Å². The summed E-state index contributed by atoms with van der Waals surface area (Å²) in [6.07, 6.45) is 8.81. The Hall–Kier alpha value is -5.02. The Morgan fingerprint density at radius 3 is 2.04 bits per heavy atom. The van der Waals surface area contributed by atoms with E-state index in [1.54, 1.807) is 53.0 Å². The van der Waals surface area contributed by atoms with Crippen LogP contribution in [0.15, 0.2) is 47.6 Å². The highest BCUT2D eigenvalue weighted by molar-refractivity contribution is 6.39. The number of methoxy groups -OCH3 is 2. The van der Waals surface area contributed by atoms with Crippen LogP contribution in [-0.4, -0.2) is 170 Å². The van der Waals surface area contributed by atoms with Crippen molar-refractivity contribution in [3.05, 3.63) is 47.6 Å². The molecule has 2 bridgehead atoms. The lowest BCUT2D eigenvalue weighted by Gasteiger charge is -2.43. The van der Waals surface area contributed by atoms with Gasteiger partial charge in [-0.2, -0.15) is 15.8 Å². The van der Waals surface area contributed by atoms with E-state index in [1.807, 2.05) is 39.0 Å². The number of ether oxygens (including phenoxy) is 8. The number of ketones is 3. The summed E-state index contributed by atoms with van der Waals surface area (Å²) in [7, 11) is 2.90. The van der Waals surface area contributed by atoms with Gasteiger partial charge in [0, 0.05) is 51.4 Å². The third-order valence-electron chi connectivity index (χ3n) is 16.8. The molecule has 2 saturated heterocycles. The first-order valence-electron chi connectivity index (χ1n) is 29.7. The van der Waals surface area contributed by atoms with Gasteiger partial charge in [-0.15, -0.1) is 0 Å². The zero-order valence-corrected chi connectivity index (χ0v) is 50.5. The van der Waals surface area contributed by atoms with Crippen molar-refractivity contribution in [3.63, 3.8) is 0 Å². The number of allylic oxidation sites excluding steroid dienone is 6. The number of nitriles is 3. The summed E-state index contributed by atoms with van der Waals surface area (Å²) in [5.41, 5.74) is -0.399. The molecule has 1 amide bonds. The highest BCUT2D eigenvalue weighted by Gasteiger charge is 2.53. The van der Waals surface area contributed by atoms with E-state index in [4.69, 9.17) is 37.9 Å². The van der Waals surface area contributed by atoms with Gasteiger partial charge in [-0.3, -0.25) is 19.2 Å². The molecule has 1 saturated carbocycles. The lowest BCUT2D eigenvalue weighted by molar-refractivity contribution is -0.269. The van der Waals surface area contributed by atoms with Crippen molar-refractivity contribution < 1.29 is 77.2 Å². The molecule has 20 heteroatoms. The SMILES string of the molecule is CO[C@@H]1C[C@H](C[C@@H](C)[C@@H]2CC(=O)[C@H](C)/C=C(\C)[C@@H](O)[C@@H](OC)C(=O)[C@H](C)C[C@H](C)/C=C/C=C/C=C(\C)C(OC(COCCC#N)(COCCC#N)COCCC#N)C[C@@H]3CC[C@@H](C)[C@@](O)(O3)C(=O)C(=O)N3CCCC[C@H]3C(=O)O2)CC[C@H]1O. The molecule has 3 fully saturated rings. The van der Waals surface area contributed by atoms with Crippen molar-refractivity contribution in [1.82, 2.24) is 4.90 Å². The highest BCUT2D eigenvalue weighted by atomic mass is 16.6. The fourth-order valence-corrected chi connectivity index (χ4v) is 11.6. The van der Waals surface area contributed by atoms with Crippen LogP contribution >= 0.6 is 0 Å². The van der Waals surface area contributed by atoms with Gasteiger partial charge in [-0.1, -0.05) is 71.1 Å². The molecule has 15 atom stereocenters. The van der Waals surface area contributed by atoms with Crippen LogP contribution in [0.1, 0.15) is 145 Å². The molecule has 1 aliphatic carbocycles. The smallest absolute Gasteiger partial charge is 0.329 e. The molecule has 4 rings (SSSR count). The van der Waals surface area contributed by atoms with Gasteiger partial charge >= 0.3 is 5.97 Å². The number of carbonyl (C=O) groups excluding carboxylic acids is 5. The van der Waals surface area contributed by atoms with Gasteiger partial charge in [0.15, 0.2) is 5.78 Å². The molecule has 3 aliphatic heterocycles. The number of aliphatic hydroxyl groups excluding tert-OH is 2. The van der Waals surface area contributed by atoms with Crippen molar-refractivity contribution in [2.24, 2.45) is 35.5 Å². The Morgan fingerprint density at radius 2 is 1.43 bits per heavy atom. The van der Waals surface area contributed by atoms with Crippen LogP contribution in [0, 0.1) is 69.5 Å². The molecule has 0 radical (unpaired) electrons. The quantitative estimate of drug-likeness (QED) is 0.0504. The average Bonchev–Trinajstić information content (AvgIpc) is 3.61. The molecule has 0 aromatic rings. The summed E-state index contributed by atoms with van der Waals surface area (Å²) < 4.78 is 48.9. The summed E-state index contributed by atoms with van der Waals surface area (Å²) >= 11 is 0. The predicted molar refractivity (Wildman–Crippen MR) is 305 cm³/mol. The number of aliphatic hydroxyl groups is 3. The van der Waals surface area contributed by atoms with Gasteiger partial charge in [0.1, 0.15) is 35.7 Å². The number of esters is 1. The molecular formula is C63H94N4O16. The zero-order valence-electron chi connectivity index (χ0n) is 50.5. The lowest BCUT2D eigenvalue weighted by Crippen LogP contribution is -2.61. The van der Waals surface area contributed by atoms with Crippen LogP contribution in [0.4, 0.5) is 0 Å². The average molecular weight is 1160 g/mol. The Kier molecular flexibility index (Phi) is 30.1. The number of amides is 1. The second kappa shape index (κ2) is 35.4. The maximum Gasteiger partial charge on any atom is 0.329 e. The predicted octanol–water partition coefficient (Wildman–Crippen LogP) is 7.08. The molecule has 0 aromatic heterocycles. The maximum atomic E-state index is 14.7. The minimum absolute atomic E-state index is 0.000285.